The molecule has 2 aliphatic rings. The van der Waals surface area contributed by atoms with Crippen molar-refractivity contribution >= 4 is 23.4 Å². The van der Waals surface area contributed by atoms with E-state index in [-0.39, 0.29) is 41.4 Å². The number of amides is 2. The van der Waals surface area contributed by atoms with Crippen LogP contribution in [0.3, 0.4) is 0 Å². The van der Waals surface area contributed by atoms with Crippen LogP contribution in [0, 0.1) is 32.1 Å². The summed E-state index contributed by atoms with van der Waals surface area (Å²) in [4.78, 5) is 46.1. The number of non-ortho nitro benzene ring substituents is 2. The quantitative estimate of drug-likeness (QED) is 0.254. The van der Waals surface area contributed by atoms with Gasteiger partial charge in [-0.1, -0.05) is 24.3 Å². The van der Waals surface area contributed by atoms with E-state index in [1.54, 1.807) is 29.2 Å². The van der Waals surface area contributed by atoms with Crippen molar-refractivity contribution in [2.24, 2.45) is 11.8 Å². The fourth-order valence-corrected chi connectivity index (χ4v) is 5.34. The molecule has 0 aromatic heterocycles. The number of hydrogen-bond acceptors (Lipinski definition) is 7. The summed E-state index contributed by atoms with van der Waals surface area (Å²) in [6.07, 6.45) is -0.673. The zero-order valence-corrected chi connectivity index (χ0v) is 25.6. The minimum Gasteiger partial charge on any atom is -0.444 e. The van der Waals surface area contributed by atoms with Gasteiger partial charge in [0.25, 0.3) is 11.4 Å². The zero-order valence-electron chi connectivity index (χ0n) is 25.6. The molecule has 11 nitrogen and oxygen atoms in total. The zero-order chi connectivity index (χ0) is 33.4. The number of piperidine rings is 2. The third kappa shape index (κ3) is 11.3. The standard InChI is InChI=1S/C17H24N2O4.C14H15F3N2O3/c1-17(2,3)23-16(20)18-10-8-14(9-11-18)12-13-4-6-15(7-5-13)19(21)22;15-14(16,17)13(20)18-7-5-11(6-8-18)9-10-1-3-12(4-2-10)19(21)22/h4-7,14H,8-12H2,1-3H3;1-4,11H,5-9H2. The van der Waals surface area contributed by atoms with Crippen LogP contribution in [0.2, 0.25) is 0 Å². The number of rotatable bonds is 6. The molecule has 0 unspecified atom stereocenters. The van der Waals surface area contributed by atoms with E-state index in [1.165, 1.54) is 12.1 Å². The highest BCUT2D eigenvalue weighted by Gasteiger charge is 2.43. The van der Waals surface area contributed by atoms with Crippen LogP contribution in [0.4, 0.5) is 29.3 Å². The molecule has 0 bridgehead atoms. The molecule has 2 saturated heterocycles. The maximum atomic E-state index is 12.3. The van der Waals surface area contributed by atoms with Crippen LogP contribution in [0.15, 0.2) is 48.5 Å². The molecule has 2 aliphatic heterocycles. The second-order valence-corrected chi connectivity index (χ2v) is 12.4. The lowest BCUT2D eigenvalue weighted by Crippen LogP contribution is -2.45. The van der Waals surface area contributed by atoms with Crippen LogP contribution >= 0.6 is 0 Å². The summed E-state index contributed by atoms with van der Waals surface area (Å²) in [5.41, 5.74) is 1.67. The van der Waals surface area contributed by atoms with Crippen LogP contribution in [0.1, 0.15) is 57.6 Å². The normalized spacial score (nSPS) is 16.4. The molecule has 14 heteroatoms. The van der Waals surface area contributed by atoms with Gasteiger partial charge in [-0.2, -0.15) is 13.2 Å². The summed E-state index contributed by atoms with van der Waals surface area (Å²) < 4.78 is 42.4. The van der Waals surface area contributed by atoms with Crippen molar-refractivity contribution < 1.29 is 37.3 Å². The Kier molecular flexibility index (Phi) is 11.9. The Morgan fingerprint density at radius 3 is 1.40 bits per heavy atom. The highest BCUT2D eigenvalue weighted by molar-refractivity contribution is 5.81. The van der Waals surface area contributed by atoms with Gasteiger partial charge in [0.15, 0.2) is 0 Å². The van der Waals surface area contributed by atoms with Crippen LogP contribution in [-0.4, -0.2) is 69.6 Å². The van der Waals surface area contributed by atoms with Crippen LogP contribution in [0.25, 0.3) is 0 Å². The van der Waals surface area contributed by atoms with E-state index in [0.29, 0.717) is 38.3 Å². The van der Waals surface area contributed by atoms with Crippen LogP contribution < -0.4 is 0 Å². The molecule has 45 heavy (non-hydrogen) atoms. The van der Waals surface area contributed by atoms with Gasteiger partial charge < -0.3 is 14.5 Å². The first kappa shape index (κ1) is 35.3. The van der Waals surface area contributed by atoms with Gasteiger partial charge in [0.2, 0.25) is 0 Å². The average molecular weight is 637 g/mol. The minimum atomic E-state index is -4.81. The number of nitro benzene ring substituents is 2. The largest absolute Gasteiger partial charge is 0.471 e. The van der Waals surface area contributed by atoms with Gasteiger partial charge in [0, 0.05) is 50.4 Å². The number of alkyl halides is 3. The third-order valence-electron chi connectivity index (χ3n) is 7.75. The number of carbonyl (C=O) groups excluding carboxylic acids is 2. The van der Waals surface area contributed by atoms with E-state index in [4.69, 9.17) is 4.74 Å². The first-order chi connectivity index (χ1) is 21.0. The van der Waals surface area contributed by atoms with Crippen molar-refractivity contribution in [3.63, 3.8) is 0 Å². The van der Waals surface area contributed by atoms with E-state index in [0.717, 1.165) is 35.3 Å². The predicted octanol–water partition coefficient (Wildman–Crippen LogP) is 6.72. The third-order valence-corrected chi connectivity index (χ3v) is 7.75. The van der Waals surface area contributed by atoms with Gasteiger partial charge in [0.05, 0.1) is 9.85 Å². The summed E-state index contributed by atoms with van der Waals surface area (Å²) in [5, 5.41) is 21.2. The van der Waals surface area contributed by atoms with Crippen molar-refractivity contribution in [3.8, 4) is 0 Å². The highest BCUT2D eigenvalue weighted by Crippen LogP contribution is 2.27. The Bertz CT molecular complexity index is 1310. The van der Waals surface area contributed by atoms with Gasteiger partial charge >= 0.3 is 18.2 Å². The maximum absolute atomic E-state index is 12.3. The molecular formula is C31H39F3N4O7. The predicted molar refractivity (Wildman–Crippen MR) is 159 cm³/mol. The molecule has 2 amide bonds. The Labute approximate surface area is 259 Å². The molecule has 2 fully saturated rings. The topological polar surface area (TPSA) is 136 Å². The molecule has 0 N–H and O–H groups in total. The van der Waals surface area contributed by atoms with Crippen molar-refractivity contribution in [2.45, 2.75) is 71.1 Å². The lowest BCUT2D eigenvalue weighted by Gasteiger charge is -2.33. The number of nitro groups is 2. The maximum Gasteiger partial charge on any atom is 0.471 e. The van der Waals surface area contributed by atoms with Gasteiger partial charge in [-0.05, 0) is 82.3 Å². The van der Waals surface area contributed by atoms with Crippen molar-refractivity contribution in [3.05, 3.63) is 79.9 Å². The summed E-state index contributed by atoms with van der Waals surface area (Å²) >= 11 is 0. The highest BCUT2D eigenvalue weighted by atomic mass is 19.4. The molecule has 0 atom stereocenters. The SMILES string of the molecule is CC(C)(C)OC(=O)N1CCC(Cc2ccc([N+](=O)[O-])cc2)CC1.O=C(N1CCC(Cc2ccc([N+](=O)[O-])cc2)CC1)C(F)(F)F. The van der Waals surface area contributed by atoms with Gasteiger partial charge in [-0.15, -0.1) is 0 Å². The summed E-state index contributed by atoms with van der Waals surface area (Å²) in [6, 6.07) is 12.9. The summed E-state index contributed by atoms with van der Waals surface area (Å²) in [5.74, 6) is -1.10. The number of benzene rings is 2. The first-order valence-electron chi connectivity index (χ1n) is 14.8. The number of hydrogen-bond donors (Lipinski definition) is 0. The molecule has 0 radical (unpaired) electrons. The molecular weight excluding hydrogens is 597 g/mol. The van der Waals surface area contributed by atoms with E-state index >= 15 is 0 Å². The number of halogens is 3. The smallest absolute Gasteiger partial charge is 0.444 e. The Morgan fingerprint density at radius 2 is 1.09 bits per heavy atom. The lowest BCUT2D eigenvalue weighted by molar-refractivity contribution is -0.385. The molecule has 2 aromatic carbocycles. The van der Waals surface area contributed by atoms with Gasteiger partial charge in [-0.25, -0.2) is 4.79 Å². The molecule has 0 saturated carbocycles. The Balaban J connectivity index is 0.000000246. The second kappa shape index (κ2) is 15.2. The molecule has 2 heterocycles. The van der Waals surface area contributed by atoms with Gasteiger partial charge in [0.1, 0.15) is 5.60 Å². The first-order valence-corrected chi connectivity index (χ1v) is 14.8. The van der Waals surface area contributed by atoms with Crippen molar-refractivity contribution in [2.75, 3.05) is 26.2 Å². The number of carbonyl (C=O) groups is 2. The van der Waals surface area contributed by atoms with Crippen molar-refractivity contribution in [1.29, 1.82) is 0 Å². The van der Waals surface area contributed by atoms with Crippen molar-refractivity contribution in [1.82, 2.24) is 9.80 Å². The van der Waals surface area contributed by atoms with E-state index in [9.17, 15) is 43.0 Å². The number of ether oxygens (including phenoxy) is 1. The summed E-state index contributed by atoms with van der Waals surface area (Å²) in [7, 11) is 0. The monoisotopic (exact) mass is 636 g/mol. The second-order valence-electron chi connectivity index (χ2n) is 12.4. The number of likely N-dealkylation sites (tertiary alicyclic amines) is 2. The lowest BCUT2D eigenvalue weighted by atomic mass is 9.90. The summed E-state index contributed by atoms with van der Waals surface area (Å²) in [6.45, 7) is 7.19. The molecule has 0 spiro atoms. The van der Waals surface area contributed by atoms with E-state index in [2.05, 4.69) is 0 Å². The minimum absolute atomic E-state index is 0.00865. The van der Waals surface area contributed by atoms with Crippen LogP contribution in [0.5, 0.6) is 0 Å². The van der Waals surface area contributed by atoms with E-state index < -0.39 is 22.6 Å². The molecule has 0 aliphatic carbocycles. The number of nitrogens with zero attached hydrogens (tertiary/aromatic N) is 4. The fraction of sp³-hybridized carbons (Fsp3) is 0.548. The van der Waals surface area contributed by atoms with Crippen LogP contribution in [-0.2, 0) is 22.4 Å². The molecule has 2 aromatic rings. The van der Waals surface area contributed by atoms with E-state index in [1.807, 2.05) is 32.9 Å². The molecule has 246 valence electrons. The molecule has 4 rings (SSSR count). The average Bonchev–Trinajstić information content (AvgIpc) is 2.97. The Morgan fingerprint density at radius 1 is 0.733 bits per heavy atom. The Hall–Kier alpha value is -4.23. The fourth-order valence-electron chi connectivity index (χ4n) is 5.34. The van der Waals surface area contributed by atoms with Gasteiger partial charge in [-0.3, -0.25) is 25.0 Å².